The van der Waals surface area contributed by atoms with Crippen LogP contribution in [0.15, 0.2) is 67.5 Å². The van der Waals surface area contributed by atoms with E-state index in [0.29, 0.717) is 30.4 Å². The van der Waals surface area contributed by atoms with Crippen molar-refractivity contribution in [2.45, 2.75) is 12.3 Å². The summed E-state index contributed by atoms with van der Waals surface area (Å²) < 4.78 is 22.2. The molecule has 5 rings (SSSR count). The fraction of sp³-hybridized carbons (Fsp3) is 0.167. The number of ether oxygens (including phenoxy) is 1. The van der Waals surface area contributed by atoms with Gasteiger partial charge in [-0.05, 0) is 42.8 Å². The van der Waals surface area contributed by atoms with Crippen LogP contribution in [0.25, 0.3) is 16.9 Å². The molecule has 166 valence electrons. The normalized spacial score (nSPS) is 15.7. The first kappa shape index (κ1) is 20.6. The van der Waals surface area contributed by atoms with Gasteiger partial charge in [-0.1, -0.05) is 12.6 Å². The third-order valence-corrected chi connectivity index (χ3v) is 5.71. The highest BCUT2D eigenvalue weighted by atomic mass is 19.1. The highest BCUT2D eigenvalue weighted by Crippen LogP contribution is 2.35. The third kappa shape index (κ3) is 3.78. The molecule has 9 heteroatoms. The Balaban J connectivity index is 1.53. The van der Waals surface area contributed by atoms with Gasteiger partial charge in [0.2, 0.25) is 17.7 Å². The van der Waals surface area contributed by atoms with E-state index in [1.807, 2.05) is 6.07 Å². The van der Waals surface area contributed by atoms with Crippen LogP contribution in [0, 0.1) is 5.82 Å². The summed E-state index contributed by atoms with van der Waals surface area (Å²) in [5, 5.41) is 0. The highest BCUT2D eigenvalue weighted by molar-refractivity contribution is 5.87. The Morgan fingerprint density at radius 2 is 2.09 bits per heavy atom. The molecule has 1 aliphatic heterocycles. The topological polar surface area (TPSA) is 98.6 Å². The molecule has 0 aliphatic carbocycles. The van der Waals surface area contributed by atoms with E-state index in [1.54, 1.807) is 46.0 Å². The fourth-order valence-electron chi connectivity index (χ4n) is 4.13. The number of carbonyl (C=O) groups excluding carboxylic acids is 1. The molecule has 1 saturated heterocycles. The van der Waals surface area contributed by atoms with E-state index in [2.05, 4.69) is 16.5 Å². The summed E-state index contributed by atoms with van der Waals surface area (Å²) in [6, 6.07) is 11.6. The molecule has 0 saturated carbocycles. The molecule has 1 atom stereocenters. The van der Waals surface area contributed by atoms with Crippen molar-refractivity contribution in [3.63, 3.8) is 0 Å². The largest absolute Gasteiger partial charge is 0.436 e. The van der Waals surface area contributed by atoms with Gasteiger partial charge >= 0.3 is 0 Å². The number of amides is 1. The fourth-order valence-corrected chi connectivity index (χ4v) is 4.13. The Hall–Kier alpha value is -4.27. The van der Waals surface area contributed by atoms with Crippen molar-refractivity contribution in [2.24, 2.45) is 0 Å². The van der Waals surface area contributed by atoms with E-state index in [-0.39, 0.29) is 23.5 Å². The number of likely N-dealkylation sites (tertiary alicyclic amines) is 1. The molecule has 0 bridgehead atoms. The molecular formula is C24H21FN6O2. The summed E-state index contributed by atoms with van der Waals surface area (Å²) in [6.07, 6.45) is 5.27. The smallest absolute Gasteiger partial charge is 0.245 e. The van der Waals surface area contributed by atoms with Crippen molar-refractivity contribution in [1.82, 2.24) is 24.3 Å². The Morgan fingerprint density at radius 3 is 2.85 bits per heavy atom. The Morgan fingerprint density at radius 1 is 1.21 bits per heavy atom. The number of nitrogens with two attached hydrogens (primary N) is 1. The van der Waals surface area contributed by atoms with Crippen molar-refractivity contribution >= 4 is 17.4 Å². The number of aromatic nitrogens is 4. The lowest BCUT2D eigenvalue weighted by Gasteiger charge is -2.13. The van der Waals surface area contributed by atoms with Gasteiger partial charge in [0.1, 0.15) is 5.82 Å². The maximum absolute atomic E-state index is 14.9. The van der Waals surface area contributed by atoms with Crippen molar-refractivity contribution in [1.29, 1.82) is 0 Å². The second-order valence-electron chi connectivity index (χ2n) is 7.73. The summed E-state index contributed by atoms with van der Waals surface area (Å²) in [6.45, 7) is 4.72. The van der Waals surface area contributed by atoms with Crippen LogP contribution in [0.3, 0.4) is 0 Å². The second kappa shape index (κ2) is 8.34. The van der Waals surface area contributed by atoms with E-state index in [4.69, 9.17) is 15.5 Å². The predicted octanol–water partition coefficient (Wildman–Crippen LogP) is 3.81. The summed E-state index contributed by atoms with van der Waals surface area (Å²) in [7, 11) is 0. The zero-order chi connectivity index (χ0) is 22.9. The first-order valence-electron chi connectivity index (χ1n) is 10.5. The summed E-state index contributed by atoms with van der Waals surface area (Å²) in [5.74, 6) is 0.437. The Bertz CT molecular complexity index is 1350. The Kier molecular flexibility index (Phi) is 5.21. The molecule has 1 aromatic carbocycles. The Labute approximate surface area is 189 Å². The molecule has 1 unspecified atom stereocenters. The number of fused-ring (bicyclic) bond motifs is 1. The van der Waals surface area contributed by atoms with E-state index in [9.17, 15) is 9.18 Å². The van der Waals surface area contributed by atoms with Crippen LogP contribution in [0.2, 0.25) is 0 Å². The molecule has 0 radical (unpaired) electrons. The van der Waals surface area contributed by atoms with Gasteiger partial charge in [-0.3, -0.25) is 9.20 Å². The van der Waals surface area contributed by atoms with Crippen molar-refractivity contribution in [2.75, 3.05) is 18.8 Å². The van der Waals surface area contributed by atoms with Crippen LogP contribution in [-0.2, 0) is 4.79 Å². The van der Waals surface area contributed by atoms with Gasteiger partial charge in [0, 0.05) is 43.0 Å². The summed E-state index contributed by atoms with van der Waals surface area (Å²) in [5.41, 5.74) is 8.29. The number of hydrogen-bond donors (Lipinski definition) is 1. The third-order valence-electron chi connectivity index (χ3n) is 5.71. The molecule has 1 amide bonds. The van der Waals surface area contributed by atoms with Gasteiger partial charge in [-0.15, -0.1) is 0 Å². The van der Waals surface area contributed by atoms with Crippen LogP contribution >= 0.6 is 0 Å². The van der Waals surface area contributed by atoms with Gasteiger partial charge in [0.05, 0.1) is 11.2 Å². The number of nitrogen functional groups attached to an aromatic ring is 1. The van der Waals surface area contributed by atoms with Gasteiger partial charge in [0.25, 0.3) is 0 Å². The van der Waals surface area contributed by atoms with Crippen molar-refractivity contribution < 1.29 is 13.9 Å². The number of hydrogen-bond acceptors (Lipinski definition) is 6. The maximum atomic E-state index is 14.9. The summed E-state index contributed by atoms with van der Waals surface area (Å²) >= 11 is 0. The standard InChI is InChI=1S/C24H21FN6O2/c1-2-21(32)30-12-9-16(14-30)22-18-8-11-28-24(26)31(18)23(29-22)15-6-7-19(17(25)13-15)33-20-5-3-4-10-27-20/h2-8,10-11,13,16H,1,9,12,14H2,(H2,26,28). The highest BCUT2D eigenvalue weighted by Gasteiger charge is 2.30. The lowest BCUT2D eigenvalue weighted by Crippen LogP contribution is -2.26. The molecule has 33 heavy (non-hydrogen) atoms. The molecule has 1 aliphatic rings. The van der Waals surface area contributed by atoms with Crippen LogP contribution < -0.4 is 10.5 Å². The first-order chi connectivity index (χ1) is 16.0. The number of nitrogens with zero attached hydrogens (tertiary/aromatic N) is 5. The average molecular weight is 444 g/mol. The van der Waals surface area contributed by atoms with Crippen molar-refractivity contribution in [3.8, 4) is 23.0 Å². The van der Waals surface area contributed by atoms with Crippen LogP contribution in [0.4, 0.5) is 10.3 Å². The average Bonchev–Trinajstić information content (AvgIpc) is 3.46. The van der Waals surface area contributed by atoms with E-state index in [0.717, 1.165) is 17.6 Å². The van der Waals surface area contributed by atoms with Crippen LogP contribution in [0.5, 0.6) is 11.6 Å². The van der Waals surface area contributed by atoms with Gasteiger partial charge < -0.3 is 15.4 Å². The van der Waals surface area contributed by atoms with E-state index >= 15 is 0 Å². The number of benzene rings is 1. The molecule has 2 N–H and O–H groups in total. The molecule has 4 heterocycles. The molecule has 3 aromatic heterocycles. The SMILES string of the molecule is C=CC(=O)N1CCC(c2nc(-c3ccc(Oc4ccccn4)c(F)c3)n3c(N)nccc23)C1. The van der Waals surface area contributed by atoms with Gasteiger partial charge in [-0.2, -0.15) is 0 Å². The van der Waals surface area contributed by atoms with Gasteiger partial charge in [0.15, 0.2) is 11.6 Å². The zero-order valence-corrected chi connectivity index (χ0v) is 17.7. The number of imidazole rings is 1. The van der Waals surface area contributed by atoms with Crippen molar-refractivity contribution in [3.05, 3.63) is 79.0 Å². The second-order valence-corrected chi connectivity index (χ2v) is 7.73. The minimum atomic E-state index is -0.553. The molecule has 0 spiro atoms. The number of pyridine rings is 1. The number of halogens is 1. The predicted molar refractivity (Wildman–Crippen MR) is 121 cm³/mol. The zero-order valence-electron chi connectivity index (χ0n) is 17.7. The van der Waals surface area contributed by atoms with Crippen LogP contribution in [-0.4, -0.2) is 43.2 Å². The lowest BCUT2D eigenvalue weighted by molar-refractivity contribution is -0.125. The molecule has 1 fully saturated rings. The lowest BCUT2D eigenvalue weighted by atomic mass is 10.0. The first-order valence-corrected chi connectivity index (χ1v) is 10.5. The minimum absolute atomic E-state index is 0.0241. The summed E-state index contributed by atoms with van der Waals surface area (Å²) in [4.78, 5) is 26.9. The number of rotatable bonds is 5. The molecular weight excluding hydrogens is 423 g/mol. The van der Waals surface area contributed by atoms with E-state index < -0.39 is 5.82 Å². The minimum Gasteiger partial charge on any atom is -0.436 e. The molecule has 8 nitrogen and oxygen atoms in total. The monoisotopic (exact) mass is 444 g/mol. The maximum Gasteiger partial charge on any atom is 0.245 e. The quantitative estimate of drug-likeness (QED) is 0.470. The number of anilines is 1. The number of carbonyl (C=O) groups is 1. The van der Waals surface area contributed by atoms with E-state index in [1.165, 1.54) is 18.2 Å². The van der Waals surface area contributed by atoms with Gasteiger partial charge in [-0.25, -0.2) is 19.3 Å². The van der Waals surface area contributed by atoms with Crippen LogP contribution in [0.1, 0.15) is 18.0 Å². The molecule has 4 aromatic rings.